The van der Waals surface area contributed by atoms with Crippen LogP contribution in [-0.2, 0) is 11.2 Å². The molecule has 0 saturated carbocycles. The number of aromatic nitrogens is 3. The van der Waals surface area contributed by atoms with Crippen molar-refractivity contribution in [3.05, 3.63) is 95.7 Å². The summed E-state index contributed by atoms with van der Waals surface area (Å²) in [5, 5.41) is 0.978. The SMILES string of the molecule is C=Cc1ccc(-c2cn(C(C)c3ccccn3)c3ncc(/C(C(C)=O)=C(\C)N)cc23)c(CC(C)C)c1. The number of hydrogen-bond acceptors (Lipinski definition) is 4. The third-order valence-electron chi connectivity index (χ3n) is 6.52. The van der Waals surface area contributed by atoms with Gasteiger partial charge >= 0.3 is 0 Å². The van der Waals surface area contributed by atoms with E-state index in [-0.39, 0.29) is 11.8 Å². The Bertz CT molecular complexity index is 1460. The highest BCUT2D eigenvalue weighted by molar-refractivity contribution is 6.20. The van der Waals surface area contributed by atoms with Crippen molar-refractivity contribution in [2.45, 2.75) is 47.1 Å². The van der Waals surface area contributed by atoms with Crippen molar-refractivity contribution in [1.29, 1.82) is 0 Å². The van der Waals surface area contributed by atoms with E-state index in [0.29, 0.717) is 17.2 Å². The number of carbonyl (C=O) groups excluding carboxylic acids is 1. The highest BCUT2D eigenvalue weighted by atomic mass is 16.1. The predicted molar refractivity (Wildman–Crippen MR) is 149 cm³/mol. The van der Waals surface area contributed by atoms with Gasteiger partial charge in [0.05, 0.1) is 11.7 Å². The summed E-state index contributed by atoms with van der Waals surface area (Å²) >= 11 is 0. The fraction of sp³-hybridized carbons (Fsp3) is 0.258. The molecule has 3 heterocycles. The summed E-state index contributed by atoms with van der Waals surface area (Å²) in [4.78, 5) is 21.9. The number of rotatable bonds is 8. The van der Waals surface area contributed by atoms with Crippen molar-refractivity contribution in [3.63, 3.8) is 0 Å². The van der Waals surface area contributed by atoms with Gasteiger partial charge in [0.2, 0.25) is 0 Å². The molecule has 0 fully saturated rings. The number of allylic oxidation sites excluding steroid dienone is 2. The lowest BCUT2D eigenvalue weighted by Gasteiger charge is -2.14. The summed E-state index contributed by atoms with van der Waals surface area (Å²) in [6.45, 7) is 13.8. The lowest BCUT2D eigenvalue weighted by atomic mass is 9.91. The average Bonchev–Trinajstić information content (AvgIpc) is 3.22. The molecule has 0 bridgehead atoms. The van der Waals surface area contributed by atoms with Crippen LogP contribution in [0.4, 0.5) is 0 Å². The number of fused-ring (bicyclic) bond motifs is 1. The number of ketones is 1. The lowest BCUT2D eigenvalue weighted by molar-refractivity contribution is -0.111. The normalized spacial score (nSPS) is 13.1. The molecular formula is C31H34N4O. The van der Waals surface area contributed by atoms with Crippen LogP contribution in [0.3, 0.4) is 0 Å². The molecule has 5 heteroatoms. The quantitative estimate of drug-likeness (QED) is 0.282. The van der Waals surface area contributed by atoms with Gasteiger partial charge in [0.15, 0.2) is 5.78 Å². The van der Waals surface area contributed by atoms with Gasteiger partial charge in [-0.2, -0.15) is 0 Å². The van der Waals surface area contributed by atoms with E-state index in [9.17, 15) is 4.79 Å². The highest BCUT2D eigenvalue weighted by Crippen LogP contribution is 2.37. The van der Waals surface area contributed by atoms with Crippen LogP contribution in [0.2, 0.25) is 0 Å². The number of carbonyl (C=O) groups is 1. The fourth-order valence-electron chi connectivity index (χ4n) is 4.86. The number of nitrogens with zero attached hydrogens (tertiary/aromatic N) is 3. The first kappa shape index (κ1) is 25.1. The smallest absolute Gasteiger partial charge is 0.162 e. The summed E-state index contributed by atoms with van der Waals surface area (Å²) in [7, 11) is 0. The average molecular weight is 479 g/mol. The fourth-order valence-corrected chi connectivity index (χ4v) is 4.86. The summed E-state index contributed by atoms with van der Waals surface area (Å²) in [5.41, 5.74) is 14.2. The zero-order valence-corrected chi connectivity index (χ0v) is 21.7. The lowest BCUT2D eigenvalue weighted by Crippen LogP contribution is -2.08. The van der Waals surface area contributed by atoms with Crippen molar-refractivity contribution >= 4 is 28.5 Å². The highest BCUT2D eigenvalue weighted by Gasteiger charge is 2.21. The second-order valence-corrected chi connectivity index (χ2v) is 9.81. The van der Waals surface area contributed by atoms with Gasteiger partial charge in [-0.25, -0.2) is 4.98 Å². The summed E-state index contributed by atoms with van der Waals surface area (Å²) in [6.07, 6.45) is 8.55. The number of hydrogen-bond donors (Lipinski definition) is 1. The van der Waals surface area contributed by atoms with Gasteiger partial charge in [0.1, 0.15) is 5.65 Å². The molecule has 4 aromatic rings. The molecule has 0 aliphatic rings. The van der Waals surface area contributed by atoms with E-state index in [1.807, 2.05) is 36.5 Å². The molecule has 5 nitrogen and oxygen atoms in total. The Labute approximate surface area is 213 Å². The Balaban J connectivity index is 2.02. The van der Waals surface area contributed by atoms with Crippen LogP contribution in [-0.4, -0.2) is 20.3 Å². The van der Waals surface area contributed by atoms with Crippen LogP contribution in [0.15, 0.2) is 73.3 Å². The van der Waals surface area contributed by atoms with Gasteiger partial charge in [-0.1, -0.05) is 50.8 Å². The third-order valence-corrected chi connectivity index (χ3v) is 6.52. The minimum Gasteiger partial charge on any atom is -0.402 e. The van der Waals surface area contributed by atoms with E-state index in [4.69, 9.17) is 10.7 Å². The summed E-state index contributed by atoms with van der Waals surface area (Å²) in [5.74, 6) is 0.417. The molecule has 0 aliphatic carbocycles. The minimum atomic E-state index is -0.0742. The second-order valence-electron chi connectivity index (χ2n) is 9.81. The largest absolute Gasteiger partial charge is 0.402 e. The monoisotopic (exact) mass is 478 g/mol. The third kappa shape index (κ3) is 4.87. The van der Waals surface area contributed by atoms with E-state index in [1.54, 1.807) is 20.0 Å². The Morgan fingerprint density at radius 3 is 2.47 bits per heavy atom. The Morgan fingerprint density at radius 2 is 1.86 bits per heavy atom. The van der Waals surface area contributed by atoms with Gasteiger partial charge in [0.25, 0.3) is 0 Å². The van der Waals surface area contributed by atoms with Crippen molar-refractivity contribution in [2.75, 3.05) is 0 Å². The molecule has 1 atom stereocenters. The van der Waals surface area contributed by atoms with Crippen molar-refractivity contribution in [1.82, 2.24) is 14.5 Å². The second kappa shape index (κ2) is 10.3. The number of nitrogens with two attached hydrogens (primary N) is 1. The van der Waals surface area contributed by atoms with Crippen LogP contribution in [0.1, 0.15) is 63.0 Å². The summed E-state index contributed by atoms with van der Waals surface area (Å²) < 4.78 is 2.17. The van der Waals surface area contributed by atoms with Gasteiger partial charge in [-0.3, -0.25) is 9.78 Å². The van der Waals surface area contributed by atoms with Crippen LogP contribution >= 0.6 is 0 Å². The minimum absolute atomic E-state index is 0.0270. The Kier molecular flexibility index (Phi) is 7.20. The molecule has 0 saturated heterocycles. The van der Waals surface area contributed by atoms with Crippen LogP contribution in [0, 0.1) is 5.92 Å². The van der Waals surface area contributed by atoms with Gasteiger partial charge in [0, 0.05) is 46.4 Å². The van der Waals surface area contributed by atoms with Crippen molar-refractivity contribution < 1.29 is 4.79 Å². The van der Waals surface area contributed by atoms with Crippen LogP contribution < -0.4 is 5.73 Å². The van der Waals surface area contributed by atoms with E-state index >= 15 is 0 Å². The van der Waals surface area contributed by atoms with E-state index < -0.39 is 0 Å². The maximum atomic E-state index is 12.4. The molecule has 0 radical (unpaired) electrons. The molecule has 36 heavy (non-hydrogen) atoms. The summed E-state index contributed by atoms with van der Waals surface area (Å²) in [6, 6.07) is 14.5. The van der Waals surface area contributed by atoms with E-state index in [2.05, 4.69) is 61.3 Å². The maximum Gasteiger partial charge on any atom is 0.162 e. The molecule has 3 aromatic heterocycles. The van der Waals surface area contributed by atoms with E-state index in [1.165, 1.54) is 5.56 Å². The Morgan fingerprint density at radius 1 is 1.08 bits per heavy atom. The molecule has 184 valence electrons. The van der Waals surface area contributed by atoms with Gasteiger partial charge in [-0.05, 0) is 68.0 Å². The maximum absolute atomic E-state index is 12.4. The van der Waals surface area contributed by atoms with Crippen molar-refractivity contribution in [2.24, 2.45) is 11.7 Å². The van der Waals surface area contributed by atoms with E-state index in [0.717, 1.165) is 45.4 Å². The molecule has 4 rings (SSSR count). The molecule has 1 unspecified atom stereocenters. The number of pyridine rings is 2. The zero-order chi connectivity index (χ0) is 26.0. The molecule has 0 amide bonds. The first-order valence-corrected chi connectivity index (χ1v) is 12.4. The van der Waals surface area contributed by atoms with Crippen LogP contribution in [0.5, 0.6) is 0 Å². The van der Waals surface area contributed by atoms with Gasteiger partial charge in [-0.15, -0.1) is 0 Å². The molecule has 0 aliphatic heterocycles. The Hall–Kier alpha value is -3.99. The standard InChI is InChI=1S/C31H34N4O/c1-7-23-11-12-26(24(15-23)14-19(2)3)28-18-35(21(5)29-10-8-9-13-33-29)31-27(28)16-25(17-34-31)30(20(4)32)22(6)36/h7-13,15-19,21H,1,14,32H2,2-6H3/b30-20+. The molecule has 0 spiro atoms. The number of benzene rings is 1. The topological polar surface area (TPSA) is 73.8 Å². The van der Waals surface area contributed by atoms with Crippen LogP contribution in [0.25, 0.3) is 33.8 Å². The van der Waals surface area contributed by atoms with Crippen molar-refractivity contribution in [3.8, 4) is 11.1 Å². The predicted octanol–water partition coefficient (Wildman–Crippen LogP) is 6.83. The first-order valence-electron chi connectivity index (χ1n) is 12.4. The zero-order valence-electron chi connectivity index (χ0n) is 21.7. The molecular weight excluding hydrogens is 444 g/mol. The molecule has 2 N–H and O–H groups in total. The molecule has 1 aromatic carbocycles. The first-order chi connectivity index (χ1) is 17.2. The number of Topliss-reactive ketones (excluding diaryl/α,β-unsaturated/α-hetero) is 1. The van der Waals surface area contributed by atoms with Gasteiger partial charge < -0.3 is 10.3 Å².